The molecule has 2 aromatic rings. The first-order valence-electron chi connectivity index (χ1n) is 7.32. The maximum absolute atomic E-state index is 11.5. The summed E-state index contributed by atoms with van der Waals surface area (Å²) >= 11 is 0. The molecule has 2 aromatic carbocycles. The molecular formula is C18H22N2O2. The van der Waals surface area contributed by atoms with E-state index in [9.17, 15) is 9.90 Å². The Labute approximate surface area is 131 Å². The van der Waals surface area contributed by atoms with Gasteiger partial charge in [-0.15, -0.1) is 0 Å². The number of aliphatic hydroxyl groups is 1. The number of nitrogens with zero attached hydrogens (tertiary/aromatic N) is 1. The van der Waals surface area contributed by atoms with E-state index in [1.165, 1.54) is 0 Å². The van der Waals surface area contributed by atoms with Crippen LogP contribution in [0.25, 0.3) is 0 Å². The molecular weight excluding hydrogens is 276 g/mol. The summed E-state index contributed by atoms with van der Waals surface area (Å²) < 4.78 is 0. The van der Waals surface area contributed by atoms with E-state index >= 15 is 0 Å². The predicted molar refractivity (Wildman–Crippen MR) is 89.9 cm³/mol. The molecule has 0 spiro atoms. The van der Waals surface area contributed by atoms with Crippen molar-refractivity contribution < 1.29 is 9.90 Å². The molecule has 4 nitrogen and oxygen atoms in total. The lowest BCUT2D eigenvalue weighted by Crippen LogP contribution is -2.22. The Morgan fingerprint density at radius 1 is 1.23 bits per heavy atom. The number of aliphatic hydroxyl groups excluding tert-OH is 1. The smallest absolute Gasteiger partial charge is 0.223 e. The van der Waals surface area contributed by atoms with E-state index in [0.29, 0.717) is 0 Å². The average Bonchev–Trinajstić information content (AvgIpc) is 2.54. The van der Waals surface area contributed by atoms with Gasteiger partial charge < -0.3 is 15.3 Å². The summed E-state index contributed by atoms with van der Waals surface area (Å²) in [5.74, 6) is 0.000783. The van der Waals surface area contributed by atoms with Crippen LogP contribution in [-0.4, -0.2) is 18.1 Å². The Bertz CT molecular complexity index is 655. The van der Waals surface area contributed by atoms with Crippen molar-refractivity contribution in [1.82, 2.24) is 0 Å². The van der Waals surface area contributed by atoms with Crippen molar-refractivity contribution in [3.63, 3.8) is 0 Å². The van der Waals surface area contributed by atoms with Crippen molar-refractivity contribution >= 4 is 17.3 Å². The normalized spacial score (nSPS) is 11.8. The summed E-state index contributed by atoms with van der Waals surface area (Å²) in [7, 11) is 1.76. The molecule has 0 aliphatic rings. The van der Waals surface area contributed by atoms with Crippen molar-refractivity contribution in [2.45, 2.75) is 26.5 Å². The second kappa shape index (κ2) is 7.09. The zero-order valence-electron chi connectivity index (χ0n) is 13.2. The summed E-state index contributed by atoms with van der Waals surface area (Å²) in [6.07, 6.45) is 0. The summed E-state index contributed by atoms with van der Waals surface area (Å²) in [5, 5.41) is 12.6. The van der Waals surface area contributed by atoms with Gasteiger partial charge in [-0.05, 0) is 36.2 Å². The van der Waals surface area contributed by atoms with Gasteiger partial charge in [0.15, 0.2) is 0 Å². The number of amides is 1. The van der Waals surface area contributed by atoms with Crippen molar-refractivity contribution in [3.05, 3.63) is 59.7 Å². The summed E-state index contributed by atoms with van der Waals surface area (Å²) in [5.41, 5.74) is 3.81. The number of nitrogens with one attached hydrogen (secondary N) is 1. The zero-order chi connectivity index (χ0) is 16.1. The van der Waals surface area contributed by atoms with Gasteiger partial charge in [0, 0.05) is 31.4 Å². The van der Waals surface area contributed by atoms with Gasteiger partial charge in [0.05, 0.1) is 6.61 Å². The van der Waals surface area contributed by atoms with E-state index in [4.69, 9.17) is 0 Å². The first-order valence-corrected chi connectivity index (χ1v) is 7.32. The predicted octanol–water partition coefficient (Wildman–Crippen LogP) is 3.33. The van der Waals surface area contributed by atoms with E-state index in [2.05, 4.69) is 12.2 Å². The van der Waals surface area contributed by atoms with Crippen molar-refractivity contribution in [1.29, 1.82) is 0 Å². The Hall–Kier alpha value is -2.33. The first-order chi connectivity index (χ1) is 10.5. The monoisotopic (exact) mass is 298 g/mol. The number of carbonyl (C=O) groups is 1. The third kappa shape index (κ3) is 3.86. The lowest BCUT2D eigenvalue weighted by Gasteiger charge is -2.19. The van der Waals surface area contributed by atoms with Gasteiger partial charge in [0.2, 0.25) is 5.91 Å². The molecule has 1 atom stereocenters. The number of hydrogen-bond donors (Lipinski definition) is 2. The highest BCUT2D eigenvalue weighted by Crippen LogP contribution is 2.24. The Morgan fingerprint density at radius 2 is 1.95 bits per heavy atom. The van der Waals surface area contributed by atoms with Crippen molar-refractivity contribution in [2.24, 2.45) is 0 Å². The van der Waals surface area contributed by atoms with Gasteiger partial charge in [-0.3, -0.25) is 4.79 Å². The van der Waals surface area contributed by atoms with Gasteiger partial charge in [-0.1, -0.05) is 30.3 Å². The van der Waals surface area contributed by atoms with Crippen LogP contribution >= 0.6 is 0 Å². The largest absolute Gasteiger partial charge is 0.392 e. The van der Waals surface area contributed by atoms with Crippen LogP contribution < -0.4 is 10.2 Å². The summed E-state index contributed by atoms with van der Waals surface area (Å²) in [4.78, 5) is 13.1. The van der Waals surface area contributed by atoms with Gasteiger partial charge in [0.25, 0.3) is 0 Å². The van der Waals surface area contributed by atoms with Crippen LogP contribution in [0, 0.1) is 0 Å². The van der Waals surface area contributed by atoms with Crippen LogP contribution in [0.15, 0.2) is 48.5 Å². The number of rotatable bonds is 5. The van der Waals surface area contributed by atoms with Crippen LogP contribution in [0.4, 0.5) is 11.4 Å². The second-order valence-electron chi connectivity index (χ2n) is 5.40. The number of benzene rings is 2. The summed E-state index contributed by atoms with van der Waals surface area (Å²) in [6, 6.07) is 15.7. The van der Waals surface area contributed by atoms with Gasteiger partial charge >= 0.3 is 0 Å². The van der Waals surface area contributed by atoms with Gasteiger partial charge in [-0.25, -0.2) is 0 Å². The quantitative estimate of drug-likeness (QED) is 0.890. The molecule has 0 radical (unpaired) electrons. The minimum Gasteiger partial charge on any atom is -0.392 e. The number of carbonyl (C=O) groups excluding carboxylic acids is 1. The standard InChI is InChI=1S/C18H22N2O2/c1-13(16-7-4-6-15(10-16)12-21)19-17-8-5-9-18(11-17)20(3)14(2)22/h4-11,13,19,21H,12H2,1-3H3. The molecule has 4 heteroatoms. The highest BCUT2D eigenvalue weighted by atomic mass is 16.3. The fourth-order valence-corrected chi connectivity index (χ4v) is 2.28. The maximum Gasteiger partial charge on any atom is 0.223 e. The number of hydrogen-bond acceptors (Lipinski definition) is 3. The lowest BCUT2D eigenvalue weighted by molar-refractivity contribution is -0.116. The lowest BCUT2D eigenvalue weighted by atomic mass is 10.1. The Morgan fingerprint density at radius 3 is 2.64 bits per heavy atom. The molecule has 0 heterocycles. The Kier molecular flexibility index (Phi) is 5.17. The third-order valence-electron chi connectivity index (χ3n) is 3.72. The highest BCUT2D eigenvalue weighted by Gasteiger charge is 2.09. The topological polar surface area (TPSA) is 52.6 Å². The fraction of sp³-hybridized carbons (Fsp3) is 0.278. The molecule has 0 aromatic heterocycles. The van der Waals surface area contributed by atoms with Gasteiger partial charge in [0.1, 0.15) is 0 Å². The number of anilines is 2. The van der Waals surface area contributed by atoms with E-state index in [1.54, 1.807) is 18.9 Å². The van der Waals surface area contributed by atoms with Crippen LogP contribution in [0.3, 0.4) is 0 Å². The van der Waals surface area contributed by atoms with E-state index < -0.39 is 0 Å². The molecule has 0 aliphatic carbocycles. The van der Waals surface area contributed by atoms with Crippen LogP contribution in [-0.2, 0) is 11.4 Å². The van der Waals surface area contributed by atoms with Crippen molar-refractivity contribution in [2.75, 3.05) is 17.3 Å². The minimum atomic E-state index is 0.000783. The van der Waals surface area contributed by atoms with Crippen LogP contribution in [0.1, 0.15) is 31.0 Å². The van der Waals surface area contributed by atoms with Crippen molar-refractivity contribution in [3.8, 4) is 0 Å². The molecule has 1 amide bonds. The molecule has 2 N–H and O–H groups in total. The van der Waals surface area contributed by atoms with E-state index in [-0.39, 0.29) is 18.6 Å². The first kappa shape index (κ1) is 16.0. The van der Waals surface area contributed by atoms with Crippen LogP contribution in [0.2, 0.25) is 0 Å². The fourth-order valence-electron chi connectivity index (χ4n) is 2.28. The van der Waals surface area contributed by atoms with E-state index in [1.807, 2.05) is 48.5 Å². The van der Waals surface area contributed by atoms with Crippen LogP contribution in [0.5, 0.6) is 0 Å². The summed E-state index contributed by atoms with van der Waals surface area (Å²) in [6.45, 7) is 3.65. The molecule has 1 unspecified atom stereocenters. The maximum atomic E-state index is 11.5. The molecule has 22 heavy (non-hydrogen) atoms. The molecule has 0 saturated heterocycles. The molecule has 0 aliphatic heterocycles. The average molecular weight is 298 g/mol. The SMILES string of the molecule is CC(=O)N(C)c1cccc(NC(C)c2cccc(CO)c2)c1. The van der Waals surface area contributed by atoms with E-state index in [0.717, 1.165) is 22.5 Å². The zero-order valence-corrected chi connectivity index (χ0v) is 13.2. The van der Waals surface area contributed by atoms with Gasteiger partial charge in [-0.2, -0.15) is 0 Å². The molecule has 0 fully saturated rings. The molecule has 0 saturated carbocycles. The minimum absolute atomic E-state index is 0.000783. The highest BCUT2D eigenvalue weighted by molar-refractivity contribution is 5.91. The molecule has 2 rings (SSSR count). The Balaban J connectivity index is 2.16. The molecule has 116 valence electrons. The molecule has 0 bridgehead atoms. The second-order valence-corrected chi connectivity index (χ2v) is 5.40. The third-order valence-corrected chi connectivity index (χ3v) is 3.72.